The van der Waals surface area contributed by atoms with Crippen LogP contribution in [-0.4, -0.2) is 27.1 Å². The van der Waals surface area contributed by atoms with E-state index in [-0.39, 0.29) is 17.2 Å². The maximum atomic E-state index is 11.5. The lowest BCUT2D eigenvalue weighted by Crippen LogP contribution is -2.25. The minimum atomic E-state index is -3.26. The second kappa shape index (κ2) is 6.17. The van der Waals surface area contributed by atoms with Gasteiger partial charge in [0.05, 0.1) is 11.0 Å². The first-order chi connectivity index (χ1) is 8.45. The van der Waals surface area contributed by atoms with Gasteiger partial charge in [-0.25, -0.2) is 8.42 Å². The Labute approximate surface area is 106 Å². The first kappa shape index (κ1) is 14.2. The maximum Gasteiger partial charge on any atom is 0.234 e. The van der Waals surface area contributed by atoms with E-state index in [1.165, 1.54) is 0 Å². The maximum absolute atomic E-state index is 11.5. The third-order valence-electron chi connectivity index (χ3n) is 2.33. The van der Waals surface area contributed by atoms with Crippen LogP contribution in [0.5, 0.6) is 0 Å². The lowest BCUT2D eigenvalue weighted by Gasteiger charge is -2.08. The fourth-order valence-electron chi connectivity index (χ4n) is 1.54. The average molecular weight is 266 g/mol. The van der Waals surface area contributed by atoms with Gasteiger partial charge in [0.1, 0.15) is 6.42 Å². The molecule has 0 saturated carbocycles. The van der Waals surface area contributed by atoms with Gasteiger partial charge < -0.3 is 5.32 Å². The zero-order valence-corrected chi connectivity index (χ0v) is 10.8. The summed E-state index contributed by atoms with van der Waals surface area (Å²) in [6.07, 6.45) is 1.38. The summed E-state index contributed by atoms with van der Waals surface area (Å²) < 4.78 is 23.0. The van der Waals surface area contributed by atoms with Gasteiger partial charge in [-0.3, -0.25) is 4.79 Å². The van der Waals surface area contributed by atoms with E-state index in [1.807, 2.05) is 0 Å². The van der Waals surface area contributed by atoms with Gasteiger partial charge in [-0.2, -0.15) is 5.26 Å². The zero-order chi connectivity index (χ0) is 13.6. The minimum absolute atomic E-state index is 0.187. The number of hydrogen-bond donors (Lipinski definition) is 1. The van der Waals surface area contributed by atoms with Crippen LogP contribution in [0.4, 0.5) is 0 Å². The number of benzene rings is 1. The van der Waals surface area contributed by atoms with Crippen molar-refractivity contribution in [1.29, 1.82) is 5.26 Å². The summed E-state index contributed by atoms with van der Waals surface area (Å²) in [7, 11) is -3.26. The van der Waals surface area contributed by atoms with Crippen molar-refractivity contribution in [3.63, 3.8) is 0 Å². The second-order valence-electron chi connectivity index (χ2n) is 3.81. The van der Waals surface area contributed by atoms with Gasteiger partial charge in [0.25, 0.3) is 0 Å². The molecule has 1 rings (SSSR count). The van der Waals surface area contributed by atoms with Gasteiger partial charge in [-0.1, -0.05) is 18.2 Å². The fourth-order valence-corrected chi connectivity index (χ4v) is 2.52. The lowest BCUT2D eigenvalue weighted by atomic mass is 10.1. The molecule has 0 spiro atoms. The van der Waals surface area contributed by atoms with Gasteiger partial charge in [0.15, 0.2) is 9.84 Å². The van der Waals surface area contributed by atoms with Crippen LogP contribution in [0.2, 0.25) is 0 Å². The standard InChI is InChI=1S/C12H14N2O3S/c1-18(16,17)11-5-3-2-4-10(11)7-9-14-12(15)6-8-13/h2-5H,6-7,9H2,1H3,(H,14,15). The first-order valence-electron chi connectivity index (χ1n) is 5.37. The van der Waals surface area contributed by atoms with Gasteiger partial charge >= 0.3 is 0 Å². The van der Waals surface area contributed by atoms with Crippen LogP contribution in [0.3, 0.4) is 0 Å². The van der Waals surface area contributed by atoms with Crippen molar-refractivity contribution in [1.82, 2.24) is 5.32 Å². The Bertz CT molecular complexity index is 573. The Balaban J connectivity index is 2.69. The molecule has 0 atom stereocenters. The van der Waals surface area contributed by atoms with E-state index in [0.717, 1.165) is 6.26 Å². The molecule has 1 aromatic rings. The van der Waals surface area contributed by atoms with Crippen LogP contribution in [0.1, 0.15) is 12.0 Å². The molecular weight excluding hydrogens is 252 g/mol. The monoisotopic (exact) mass is 266 g/mol. The highest BCUT2D eigenvalue weighted by Gasteiger charge is 2.12. The van der Waals surface area contributed by atoms with Crippen LogP contribution in [0.25, 0.3) is 0 Å². The van der Waals surface area contributed by atoms with E-state index in [9.17, 15) is 13.2 Å². The normalized spacial score (nSPS) is 10.7. The first-order valence-corrected chi connectivity index (χ1v) is 7.26. The van der Waals surface area contributed by atoms with Crippen molar-refractivity contribution < 1.29 is 13.2 Å². The third-order valence-corrected chi connectivity index (χ3v) is 3.53. The largest absolute Gasteiger partial charge is 0.355 e. The Morgan fingerprint density at radius 3 is 2.67 bits per heavy atom. The van der Waals surface area contributed by atoms with Crippen molar-refractivity contribution >= 4 is 15.7 Å². The van der Waals surface area contributed by atoms with Gasteiger partial charge in [0, 0.05) is 12.8 Å². The van der Waals surface area contributed by atoms with Crippen molar-refractivity contribution in [2.75, 3.05) is 12.8 Å². The van der Waals surface area contributed by atoms with E-state index < -0.39 is 9.84 Å². The van der Waals surface area contributed by atoms with Crippen molar-refractivity contribution in [3.05, 3.63) is 29.8 Å². The van der Waals surface area contributed by atoms with Crippen molar-refractivity contribution in [3.8, 4) is 6.07 Å². The van der Waals surface area contributed by atoms with Crippen LogP contribution < -0.4 is 5.32 Å². The molecule has 0 bridgehead atoms. The zero-order valence-electron chi connectivity index (χ0n) is 10.0. The Hall–Kier alpha value is -1.87. The second-order valence-corrected chi connectivity index (χ2v) is 5.80. The number of rotatable bonds is 5. The molecule has 1 aromatic carbocycles. The van der Waals surface area contributed by atoms with Gasteiger partial charge in [-0.15, -0.1) is 0 Å². The number of nitrogens with zero attached hydrogens (tertiary/aromatic N) is 1. The predicted molar refractivity (Wildman–Crippen MR) is 66.5 cm³/mol. The molecule has 18 heavy (non-hydrogen) atoms. The molecule has 1 amide bonds. The lowest BCUT2D eigenvalue weighted by molar-refractivity contribution is -0.120. The SMILES string of the molecule is CS(=O)(=O)c1ccccc1CCNC(=O)CC#N. The van der Waals surface area contributed by atoms with E-state index in [0.29, 0.717) is 18.5 Å². The number of amides is 1. The smallest absolute Gasteiger partial charge is 0.234 e. The number of carbonyl (C=O) groups excluding carboxylic acids is 1. The topological polar surface area (TPSA) is 87.0 Å². The molecule has 0 heterocycles. The number of nitriles is 1. The summed E-state index contributed by atoms with van der Waals surface area (Å²) in [5.41, 5.74) is 0.664. The highest BCUT2D eigenvalue weighted by atomic mass is 32.2. The highest BCUT2D eigenvalue weighted by molar-refractivity contribution is 7.90. The molecule has 1 N–H and O–H groups in total. The molecule has 0 aliphatic carbocycles. The van der Waals surface area contributed by atoms with Crippen molar-refractivity contribution in [2.24, 2.45) is 0 Å². The third kappa shape index (κ3) is 4.18. The molecule has 6 heteroatoms. The predicted octanol–water partition coefficient (Wildman–Crippen LogP) is 0.662. The van der Waals surface area contributed by atoms with Crippen LogP contribution in [0, 0.1) is 11.3 Å². The van der Waals surface area contributed by atoms with Gasteiger partial charge in [-0.05, 0) is 18.1 Å². The van der Waals surface area contributed by atoms with E-state index in [2.05, 4.69) is 5.32 Å². The van der Waals surface area contributed by atoms with Crippen LogP contribution >= 0.6 is 0 Å². The summed E-state index contributed by atoms with van der Waals surface area (Å²) in [4.78, 5) is 11.3. The molecule has 0 saturated heterocycles. The molecule has 5 nitrogen and oxygen atoms in total. The Morgan fingerprint density at radius 2 is 2.06 bits per heavy atom. The number of carbonyl (C=O) groups is 1. The van der Waals surface area contributed by atoms with Gasteiger partial charge in [0.2, 0.25) is 5.91 Å². The van der Waals surface area contributed by atoms with E-state index >= 15 is 0 Å². The molecular formula is C12H14N2O3S. The summed E-state index contributed by atoms with van der Waals surface area (Å²) in [5, 5.41) is 10.9. The summed E-state index contributed by atoms with van der Waals surface area (Å²) in [6.45, 7) is 0.313. The fraction of sp³-hybridized carbons (Fsp3) is 0.333. The van der Waals surface area contributed by atoms with E-state index in [4.69, 9.17) is 5.26 Å². The summed E-state index contributed by atoms with van der Waals surface area (Å²) >= 11 is 0. The molecule has 0 unspecified atom stereocenters. The average Bonchev–Trinajstić information content (AvgIpc) is 2.28. The highest BCUT2D eigenvalue weighted by Crippen LogP contribution is 2.15. The summed E-state index contributed by atoms with van der Waals surface area (Å²) in [6, 6.07) is 8.41. The van der Waals surface area contributed by atoms with E-state index in [1.54, 1.807) is 30.3 Å². The minimum Gasteiger partial charge on any atom is -0.355 e. The molecule has 96 valence electrons. The number of sulfone groups is 1. The Kier molecular flexibility index (Phi) is 4.86. The molecule has 0 aliphatic heterocycles. The van der Waals surface area contributed by atoms with Crippen LogP contribution in [0.15, 0.2) is 29.2 Å². The number of nitrogens with one attached hydrogen (secondary N) is 1. The molecule has 0 aliphatic rings. The molecule has 0 radical (unpaired) electrons. The quantitative estimate of drug-likeness (QED) is 0.848. The molecule has 0 aromatic heterocycles. The molecule has 0 fully saturated rings. The van der Waals surface area contributed by atoms with Crippen molar-refractivity contribution in [2.45, 2.75) is 17.7 Å². The Morgan fingerprint density at radius 1 is 1.39 bits per heavy atom. The number of hydrogen-bond acceptors (Lipinski definition) is 4. The summed E-state index contributed by atoms with van der Waals surface area (Å²) in [5.74, 6) is -0.352. The van der Waals surface area contributed by atoms with Crippen LogP contribution in [-0.2, 0) is 21.1 Å².